The molecule has 1 aliphatic heterocycles. The predicted molar refractivity (Wildman–Crippen MR) is 61.8 cm³/mol. The Labute approximate surface area is 89.9 Å². The van der Waals surface area contributed by atoms with Gasteiger partial charge in [0.05, 0.1) is 5.25 Å². The summed E-state index contributed by atoms with van der Waals surface area (Å²) >= 11 is 1.41. The number of hydrazone groups is 1. The molecule has 0 aromatic heterocycles. The molecule has 0 spiro atoms. The Morgan fingerprint density at radius 3 is 2.86 bits per heavy atom. The molecule has 4 heteroatoms. The quantitative estimate of drug-likeness (QED) is 0.674. The van der Waals surface area contributed by atoms with Crippen LogP contribution in [0.5, 0.6) is 0 Å². The van der Waals surface area contributed by atoms with E-state index in [1.807, 2.05) is 6.92 Å². The van der Waals surface area contributed by atoms with Crippen LogP contribution in [0.1, 0.15) is 39.5 Å². The van der Waals surface area contributed by atoms with Crippen LogP contribution in [0.4, 0.5) is 4.79 Å². The van der Waals surface area contributed by atoms with Crippen molar-refractivity contribution >= 4 is 22.7 Å². The number of hydrogen-bond acceptors (Lipinski definition) is 3. The van der Waals surface area contributed by atoms with Crippen LogP contribution < -0.4 is 0 Å². The number of amides is 1. The highest BCUT2D eigenvalue weighted by Crippen LogP contribution is 2.26. The largest absolute Gasteiger partial charge is 0.302 e. The third-order valence-electron chi connectivity index (χ3n) is 2.35. The summed E-state index contributed by atoms with van der Waals surface area (Å²) < 4.78 is 0. The van der Waals surface area contributed by atoms with E-state index in [9.17, 15) is 4.79 Å². The maximum absolute atomic E-state index is 11.4. The molecule has 1 unspecified atom stereocenters. The van der Waals surface area contributed by atoms with E-state index in [0.717, 1.165) is 12.1 Å². The zero-order valence-corrected chi connectivity index (χ0v) is 9.93. The Kier molecular flexibility index (Phi) is 4.45. The van der Waals surface area contributed by atoms with Gasteiger partial charge >= 0.3 is 5.24 Å². The van der Waals surface area contributed by atoms with Crippen LogP contribution in [0.25, 0.3) is 0 Å². The van der Waals surface area contributed by atoms with Crippen LogP contribution in [-0.4, -0.2) is 28.3 Å². The van der Waals surface area contributed by atoms with Crippen molar-refractivity contribution in [1.82, 2.24) is 5.01 Å². The molecule has 1 rings (SSSR count). The smallest absolute Gasteiger partial charge is 0.260 e. The Morgan fingerprint density at radius 1 is 1.50 bits per heavy atom. The number of nitrogens with zero attached hydrogens (tertiary/aromatic N) is 2. The average Bonchev–Trinajstić information content (AvgIpc) is 2.14. The molecule has 0 fully saturated rings. The highest BCUT2D eigenvalue weighted by molar-refractivity contribution is 8.14. The molecular formula is C10H18N2OS. The Morgan fingerprint density at radius 2 is 2.21 bits per heavy atom. The lowest BCUT2D eigenvalue weighted by atomic mass is 10.1. The fraction of sp³-hybridized carbons (Fsp3) is 0.800. The fourth-order valence-corrected chi connectivity index (χ4v) is 2.41. The Bertz CT molecular complexity index is 240. The Hall–Kier alpha value is -0.510. The molecule has 0 N–H and O–H groups in total. The number of carbonyl (C=O) groups excluding carboxylic acids is 1. The first-order valence-corrected chi connectivity index (χ1v) is 6.02. The molecule has 0 aliphatic carbocycles. The van der Waals surface area contributed by atoms with Gasteiger partial charge in [0.1, 0.15) is 0 Å². The van der Waals surface area contributed by atoms with Crippen LogP contribution in [0, 0.1) is 0 Å². The summed E-state index contributed by atoms with van der Waals surface area (Å²) in [5.41, 5.74) is 1.08. The molecule has 0 aromatic rings. The van der Waals surface area contributed by atoms with Gasteiger partial charge < -0.3 is 0 Å². The van der Waals surface area contributed by atoms with Gasteiger partial charge in [-0.2, -0.15) is 5.10 Å². The van der Waals surface area contributed by atoms with E-state index in [2.05, 4.69) is 12.0 Å². The van der Waals surface area contributed by atoms with Crippen molar-refractivity contribution in [2.75, 3.05) is 7.05 Å². The standard InChI is InChI=1S/C10H18N2OS/c1-4-5-6-7-9-8(2)11-12(3)10(13)14-9/h9H,4-7H2,1-3H3. The minimum absolute atomic E-state index is 0.0668. The molecule has 1 amide bonds. The summed E-state index contributed by atoms with van der Waals surface area (Å²) in [4.78, 5) is 11.4. The molecule has 0 saturated carbocycles. The Balaban J connectivity index is 2.45. The minimum atomic E-state index is 0.0668. The summed E-state index contributed by atoms with van der Waals surface area (Å²) in [7, 11) is 1.71. The van der Waals surface area contributed by atoms with Gasteiger partial charge in [-0.15, -0.1) is 0 Å². The maximum atomic E-state index is 11.4. The first kappa shape index (κ1) is 11.6. The third-order valence-corrected chi connectivity index (χ3v) is 3.68. The summed E-state index contributed by atoms with van der Waals surface area (Å²) in [6, 6.07) is 0. The molecular weight excluding hydrogens is 196 g/mol. The highest BCUT2D eigenvalue weighted by Gasteiger charge is 2.24. The van der Waals surface area contributed by atoms with Gasteiger partial charge in [0.2, 0.25) is 0 Å². The van der Waals surface area contributed by atoms with E-state index in [1.54, 1.807) is 7.05 Å². The summed E-state index contributed by atoms with van der Waals surface area (Å²) in [6.45, 7) is 4.19. The van der Waals surface area contributed by atoms with Crippen LogP contribution in [-0.2, 0) is 0 Å². The summed E-state index contributed by atoms with van der Waals surface area (Å²) in [6.07, 6.45) is 4.74. The number of carbonyl (C=O) groups is 1. The van der Waals surface area contributed by atoms with Gasteiger partial charge in [0.15, 0.2) is 0 Å². The van der Waals surface area contributed by atoms with E-state index in [1.165, 1.54) is 36.0 Å². The normalized spacial score (nSPS) is 22.5. The first-order chi connectivity index (χ1) is 6.65. The van der Waals surface area contributed by atoms with Crippen LogP contribution in [0.15, 0.2) is 5.10 Å². The van der Waals surface area contributed by atoms with Crippen molar-refractivity contribution in [3.63, 3.8) is 0 Å². The monoisotopic (exact) mass is 214 g/mol. The fourth-order valence-electron chi connectivity index (χ4n) is 1.47. The van der Waals surface area contributed by atoms with E-state index in [-0.39, 0.29) is 5.24 Å². The topological polar surface area (TPSA) is 32.7 Å². The predicted octanol–water partition coefficient (Wildman–Crippen LogP) is 3.11. The van der Waals surface area contributed by atoms with Crippen molar-refractivity contribution in [2.24, 2.45) is 5.10 Å². The second-order valence-electron chi connectivity index (χ2n) is 3.63. The van der Waals surface area contributed by atoms with E-state index < -0.39 is 0 Å². The van der Waals surface area contributed by atoms with Crippen LogP contribution >= 0.6 is 11.8 Å². The maximum Gasteiger partial charge on any atom is 0.302 e. The van der Waals surface area contributed by atoms with Crippen molar-refractivity contribution in [3.05, 3.63) is 0 Å². The summed E-state index contributed by atoms with van der Waals surface area (Å²) in [5.74, 6) is 0. The van der Waals surface area contributed by atoms with Crippen molar-refractivity contribution in [1.29, 1.82) is 0 Å². The van der Waals surface area contributed by atoms with E-state index in [4.69, 9.17) is 0 Å². The molecule has 14 heavy (non-hydrogen) atoms. The second-order valence-corrected chi connectivity index (χ2v) is 4.79. The molecule has 0 bridgehead atoms. The zero-order valence-electron chi connectivity index (χ0n) is 9.12. The zero-order chi connectivity index (χ0) is 10.6. The van der Waals surface area contributed by atoms with Gasteiger partial charge in [-0.25, -0.2) is 5.01 Å². The van der Waals surface area contributed by atoms with Crippen molar-refractivity contribution < 1.29 is 4.79 Å². The second kappa shape index (κ2) is 5.39. The lowest BCUT2D eigenvalue weighted by molar-refractivity contribution is 0.234. The van der Waals surface area contributed by atoms with Crippen molar-refractivity contribution in [3.8, 4) is 0 Å². The molecule has 1 aliphatic rings. The van der Waals surface area contributed by atoms with Crippen molar-refractivity contribution in [2.45, 2.75) is 44.8 Å². The minimum Gasteiger partial charge on any atom is -0.260 e. The SMILES string of the molecule is CCCCCC1SC(=O)N(C)N=C1C. The third kappa shape index (κ3) is 3.01. The van der Waals surface area contributed by atoms with Gasteiger partial charge in [0.25, 0.3) is 0 Å². The summed E-state index contributed by atoms with van der Waals surface area (Å²) in [5, 5.41) is 6.01. The lowest BCUT2D eigenvalue weighted by Gasteiger charge is -2.24. The van der Waals surface area contributed by atoms with Crippen LogP contribution in [0.3, 0.4) is 0 Å². The van der Waals surface area contributed by atoms with Gasteiger partial charge in [-0.05, 0) is 13.3 Å². The van der Waals surface area contributed by atoms with Gasteiger partial charge in [0, 0.05) is 12.8 Å². The molecule has 0 aromatic carbocycles. The number of hydrogen-bond donors (Lipinski definition) is 0. The molecule has 1 atom stereocenters. The molecule has 0 radical (unpaired) electrons. The van der Waals surface area contributed by atoms with E-state index in [0.29, 0.717) is 5.25 Å². The number of thioether (sulfide) groups is 1. The van der Waals surface area contributed by atoms with Crippen LogP contribution in [0.2, 0.25) is 0 Å². The number of unbranched alkanes of at least 4 members (excludes halogenated alkanes) is 2. The molecule has 3 nitrogen and oxygen atoms in total. The average molecular weight is 214 g/mol. The molecule has 1 heterocycles. The lowest BCUT2D eigenvalue weighted by Crippen LogP contribution is -2.30. The highest BCUT2D eigenvalue weighted by atomic mass is 32.2. The van der Waals surface area contributed by atoms with E-state index >= 15 is 0 Å². The number of rotatable bonds is 4. The van der Waals surface area contributed by atoms with Gasteiger partial charge in [-0.1, -0.05) is 37.9 Å². The van der Waals surface area contributed by atoms with Gasteiger partial charge in [-0.3, -0.25) is 4.79 Å². The molecule has 80 valence electrons. The first-order valence-electron chi connectivity index (χ1n) is 5.14. The molecule has 0 saturated heterocycles.